The fraction of sp³-hybridized carbons (Fsp3) is 0.667. The zero-order chi connectivity index (χ0) is 14.5. The number of nitrogens with zero attached hydrogens (tertiary/aromatic N) is 1. The maximum absolute atomic E-state index is 5.96. The van der Waals surface area contributed by atoms with E-state index < -0.39 is 0 Å². The first-order chi connectivity index (χ1) is 10.4. The van der Waals surface area contributed by atoms with Crippen molar-refractivity contribution in [3.8, 4) is 0 Å². The molecular weight excluding hydrogens is 260 g/mol. The van der Waals surface area contributed by atoms with Crippen molar-refractivity contribution >= 4 is 0 Å². The monoisotopic (exact) mass is 288 g/mol. The van der Waals surface area contributed by atoms with Gasteiger partial charge in [0.1, 0.15) is 0 Å². The molecule has 116 valence electrons. The normalized spacial score (nSPS) is 26.5. The van der Waals surface area contributed by atoms with Crippen molar-refractivity contribution in [2.24, 2.45) is 0 Å². The van der Waals surface area contributed by atoms with Gasteiger partial charge in [-0.05, 0) is 49.9 Å². The molecule has 1 saturated heterocycles. The summed E-state index contributed by atoms with van der Waals surface area (Å²) < 4.78 is 5.96. The second kappa shape index (κ2) is 7.39. The Morgan fingerprint density at radius 1 is 1.33 bits per heavy atom. The second-order valence-corrected chi connectivity index (χ2v) is 6.35. The molecule has 3 nitrogen and oxygen atoms in total. The average molecular weight is 288 g/mol. The molecule has 2 aliphatic rings. The first-order valence-electron chi connectivity index (χ1n) is 8.52. The van der Waals surface area contributed by atoms with E-state index in [1.54, 1.807) is 0 Å². The predicted molar refractivity (Wildman–Crippen MR) is 86.6 cm³/mol. The molecule has 0 saturated carbocycles. The lowest BCUT2D eigenvalue weighted by Gasteiger charge is -2.37. The van der Waals surface area contributed by atoms with Gasteiger partial charge in [0.15, 0.2) is 0 Å². The summed E-state index contributed by atoms with van der Waals surface area (Å²) in [7, 11) is 0. The molecule has 1 aromatic carbocycles. The number of hydrogen-bond acceptors (Lipinski definition) is 3. The van der Waals surface area contributed by atoms with Gasteiger partial charge in [0.05, 0.1) is 6.10 Å². The van der Waals surface area contributed by atoms with E-state index in [0.717, 1.165) is 39.1 Å². The number of piperidine rings is 1. The van der Waals surface area contributed by atoms with Crippen LogP contribution in [0.4, 0.5) is 0 Å². The standard InChI is InChI=1S/C18H28N2O/c1-2-12-21-16-7-5-11-20(13-16)14-18-17-8-4-3-6-15(17)9-10-19-18/h3-4,6,8,16,18-19H,2,5,7,9-14H2,1H3. The average Bonchev–Trinajstić information content (AvgIpc) is 2.54. The lowest BCUT2D eigenvalue weighted by molar-refractivity contribution is -0.00247. The van der Waals surface area contributed by atoms with Crippen molar-refractivity contribution in [3.63, 3.8) is 0 Å². The van der Waals surface area contributed by atoms with Crippen LogP contribution in [0.25, 0.3) is 0 Å². The van der Waals surface area contributed by atoms with E-state index in [1.807, 2.05) is 0 Å². The third kappa shape index (κ3) is 3.85. The minimum atomic E-state index is 0.442. The Hall–Kier alpha value is -0.900. The molecule has 2 aliphatic heterocycles. The van der Waals surface area contributed by atoms with E-state index in [-0.39, 0.29) is 0 Å². The van der Waals surface area contributed by atoms with Crippen molar-refractivity contribution in [2.45, 2.75) is 44.8 Å². The van der Waals surface area contributed by atoms with Gasteiger partial charge < -0.3 is 10.1 Å². The molecule has 1 fully saturated rings. The van der Waals surface area contributed by atoms with Gasteiger partial charge in [0.2, 0.25) is 0 Å². The van der Waals surface area contributed by atoms with Gasteiger partial charge in [-0.2, -0.15) is 0 Å². The maximum atomic E-state index is 5.96. The third-order valence-electron chi connectivity index (χ3n) is 4.68. The molecule has 1 aromatic rings. The Morgan fingerprint density at radius 2 is 2.24 bits per heavy atom. The minimum absolute atomic E-state index is 0.442. The molecule has 0 bridgehead atoms. The number of fused-ring (bicyclic) bond motifs is 1. The largest absolute Gasteiger partial charge is 0.377 e. The molecule has 3 heteroatoms. The molecule has 0 aromatic heterocycles. The summed E-state index contributed by atoms with van der Waals surface area (Å²) in [6, 6.07) is 9.40. The highest BCUT2D eigenvalue weighted by Gasteiger charge is 2.25. The minimum Gasteiger partial charge on any atom is -0.377 e. The highest BCUT2D eigenvalue weighted by atomic mass is 16.5. The van der Waals surface area contributed by atoms with Gasteiger partial charge in [-0.25, -0.2) is 0 Å². The fourth-order valence-corrected chi connectivity index (χ4v) is 3.61. The Bertz CT molecular complexity index is 449. The third-order valence-corrected chi connectivity index (χ3v) is 4.68. The van der Waals surface area contributed by atoms with Crippen LogP contribution in [-0.4, -0.2) is 43.8 Å². The molecule has 0 spiro atoms. The van der Waals surface area contributed by atoms with Gasteiger partial charge in [-0.15, -0.1) is 0 Å². The molecule has 2 unspecified atom stereocenters. The van der Waals surface area contributed by atoms with Gasteiger partial charge in [-0.1, -0.05) is 31.2 Å². The van der Waals surface area contributed by atoms with E-state index >= 15 is 0 Å². The van der Waals surface area contributed by atoms with Crippen LogP contribution < -0.4 is 5.32 Å². The molecule has 1 N–H and O–H groups in total. The number of nitrogens with one attached hydrogen (secondary N) is 1. The smallest absolute Gasteiger partial charge is 0.0702 e. The summed E-state index contributed by atoms with van der Waals surface area (Å²) in [6.07, 6.45) is 5.22. The predicted octanol–water partition coefficient (Wildman–Crippen LogP) is 2.76. The summed E-state index contributed by atoms with van der Waals surface area (Å²) >= 11 is 0. The summed E-state index contributed by atoms with van der Waals surface area (Å²) in [5.74, 6) is 0. The van der Waals surface area contributed by atoms with E-state index in [2.05, 4.69) is 41.4 Å². The fourth-order valence-electron chi connectivity index (χ4n) is 3.61. The second-order valence-electron chi connectivity index (χ2n) is 6.35. The van der Waals surface area contributed by atoms with Crippen LogP contribution in [0.3, 0.4) is 0 Å². The number of ether oxygens (including phenoxy) is 1. The number of benzene rings is 1. The quantitative estimate of drug-likeness (QED) is 0.901. The van der Waals surface area contributed by atoms with Crippen LogP contribution in [0.5, 0.6) is 0 Å². The van der Waals surface area contributed by atoms with Crippen molar-refractivity contribution in [1.29, 1.82) is 0 Å². The number of rotatable bonds is 5. The van der Waals surface area contributed by atoms with E-state index in [9.17, 15) is 0 Å². The van der Waals surface area contributed by atoms with E-state index in [4.69, 9.17) is 4.74 Å². The van der Waals surface area contributed by atoms with Gasteiger partial charge in [-0.3, -0.25) is 4.90 Å². The zero-order valence-corrected chi connectivity index (χ0v) is 13.2. The molecule has 0 amide bonds. The van der Waals surface area contributed by atoms with E-state index in [1.165, 1.54) is 30.5 Å². The zero-order valence-electron chi connectivity index (χ0n) is 13.2. The maximum Gasteiger partial charge on any atom is 0.0702 e. The highest BCUT2D eigenvalue weighted by Crippen LogP contribution is 2.25. The lowest BCUT2D eigenvalue weighted by Crippen LogP contribution is -2.45. The van der Waals surface area contributed by atoms with Gasteiger partial charge in [0, 0.05) is 25.7 Å². The summed E-state index contributed by atoms with van der Waals surface area (Å²) in [6.45, 7) is 7.62. The molecule has 0 radical (unpaired) electrons. The Balaban J connectivity index is 1.59. The molecule has 2 heterocycles. The lowest BCUT2D eigenvalue weighted by atomic mass is 9.93. The SMILES string of the molecule is CCCOC1CCCN(CC2NCCc3ccccc32)C1. The van der Waals surface area contributed by atoms with Crippen LogP contribution in [0.1, 0.15) is 43.4 Å². The van der Waals surface area contributed by atoms with Crippen LogP contribution in [-0.2, 0) is 11.2 Å². The summed E-state index contributed by atoms with van der Waals surface area (Å²) in [5.41, 5.74) is 3.03. The Kier molecular flexibility index (Phi) is 5.28. The summed E-state index contributed by atoms with van der Waals surface area (Å²) in [5, 5.41) is 3.70. The Labute approximate surface area is 128 Å². The first-order valence-corrected chi connectivity index (χ1v) is 8.52. The van der Waals surface area contributed by atoms with Crippen LogP contribution in [0.2, 0.25) is 0 Å². The van der Waals surface area contributed by atoms with Crippen molar-refractivity contribution < 1.29 is 4.74 Å². The first kappa shape index (κ1) is 15.0. The Morgan fingerprint density at radius 3 is 3.14 bits per heavy atom. The van der Waals surface area contributed by atoms with Crippen LogP contribution in [0.15, 0.2) is 24.3 Å². The van der Waals surface area contributed by atoms with Gasteiger partial charge >= 0.3 is 0 Å². The topological polar surface area (TPSA) is 24.5 Å². The van der Waals surface area contributed by atoms with Crippen molar-refractivity contribution in [3.05, 3.63) is 35.4 Å². The van der Waals surface area contributed by atoms with Crippen molar-refractivity contribution in [1.82, 2.24) is 10.2 Å². The van der Waals surface area contributed by atoms with E-state index in [0.29, 0.717) is 12.1 Å². The summed E-state index contributed by atoms with van der Waals surface area (Å²) in [4.78, 5) is 2.59. The molecule has 3 rings (SSSR count). The number of hydrogen-bond donors (Lipinski definition) is 1. The number of likely N-dealkylation sites (tertiary alicyclic amines) is 1. The molecule has 21 heavy (non-hydrogen) atoms. The molecule has 0 aliphatic carbocycles. The van der Waals surface area contributed by atoms with Crippen LogP contribution in [0, 0.1) is 0 Å². The van der Waals surface area contributed by atoms with Crippen molar-refractivity contribution in [2.75, 3.05) is 32.8 Å². The molecular formula is C18H28N2O. The highest BCUT2D eigenvalue weighted by molar-refractivity contribution is 5.32. The molecule has 2 atom stereocenters. The van der Waals surface area contributed by atoms with Crippen LogP contribution >= 0.6 is 0 Å². The van der Waals surface area contributed by atoms with Gasteiger partial charge in [0.25, 0.3) is 0 Å².